The summed E-state index contributed by atoms with van der Waals surface area (Å²) in [5.41, 5.74) is 5.21. The van der Waals surface area contributed by atoms with E-state index < -0.39 is 12.0 Å². The molecule has 0 saturated heterocycles. The fraction of sp³-hybridized carbons (Fsp3) is 0.857. The summed E-state index contributed by atoms with van der Waals surface area (Å²) < 4.78 is 11.5. The largest absolute Gasteiger partial charge is 0.480 e. The normalized spacial score (nSPS) is 12.9. The first-order valence-corrected chi connectivity index (χ1v) is 3.73. The Kier molecular flexibility index (Phi) is 5.74. The van der Waals surface area contributed by atoms with Gasteiger partial charge in [-0.15, -0.1) is 0 Å². The van der Waals surface area contributed by atoms with Gasteiger partial charge in [-0.3, -0.25) is 9.18 Å². The third kappa shape index (κ3) is 5.79. The van der Waals surface area contributed by atoms with Crippen LogP contribution in [0.2, 0.25) is 0 Å². The zero-order valence-corrected chi connectivity index (χ0v) is 6.42. The predicted molar refractivity (Wildman–Crippen MR) is 40.1 cm³/mol. The van der Waals surface area contributed by atoms with Crippen molar-refractivity contribution in [2.75, 3.05) is 6.67 Å². The van der Waals surface area contributed by atoms with Crippen molar-refractivity contribution < 1.29 is 14.3 Å². The minimum atomic E-state index is -0.981. The van der Waals surface area contributed by atoms with Crippen molar-refractivity contribution in [2.45, 2.75) is 31.7 Å². The summed E-state index contributed by atoms with van der Waals surface area (Å²) in [6, 6.07) is -0.783. The van der Waals surface area contributed by atoms with Gasteiger partial charge in [0.15, 0.2) is 0 Å². The van der Waals surface area contributed by atoms with Gasteiger partial charge in [0, 0.05) is 0 Å². The lowest BCUT2D eigenvalue weighted by Crippen LogP contribution is -2.29. The van der Waals surface area contributed by atoms with E-state index in [1.807, 2.05) is 0 Å². The number of nitrogens with two attached hydrogens (primary N) is 1. The highest BCUT2D eigenvalue weighted by Crippen LogP contribution is 2.02. The molecule has 1 atom stereocenters. The Morgan fingerprint density at radius 1 is 1.45 bits per heavy atom. The molecule has 0 aromatic heterocycles. The molecule has 3 nitrogen and oxygen atoms in total. The Balaban J connectivity index is 3.17. The van der Waals surface area contributed by atoms with Crippen LogP contribution in [-0.4, -0.2) is 23.8 Å². The molecule has 0 saturated carbocycles. The zero-order chi connectivity index (χ0) is 8.69. The minimum Gasteiger partial charge on any atom is -0.480 e. The molecule has 0 amide bonds. The van der Waals surface area contributed by atoms with Gasteiger partial charge in [0.25, 0.3) is 0 Å². The molecule has 0 aromatic rings. The zero-order valence-electron chi connectivity index (χ0n) is 6.42. The summed E-state index contributed by atoms with van der Waals surface area (Å²) in [4.78, 5) is 10.2. The van der Waals surface area contributed by atoms with Gasteiger partial charge in [0.2, 0.25) is 0 Å². The van der Waals surface area contributed by atoms with E-state index in [1.54, 1.807) is 0 Å². The van der Waals surface area contributed by atoms with Crippen molar-refractivity contribution >= 4 is 5.97 Å². The Labute approximate surface area is 65.4 Å². The van der Waals surface area contributed by atoms with E-state index >= 15 is 0 Å². The molecule has 0 bridgehead atoms. The van der Waals surface area contributed by atoms with Gasteiger partial charge in [-0.1, -0.05) is 12.8 Å². The number of hydrogen-bond donors (Lipinski definition) is 2. The number of carboxylic acid groups (broad SMARTS) is 1. The average molecular weight is 162 g/mol. The second kappa shape index (κ2) is 6.09. The van der Waals surface area contributed by atoms with Gasteiger partial charge in [0.1, 0.15) is 6.04 Å². The molecule has 0 radical (unpaired) electrons. The summed E-state index contributed by atoms with van der Waals surface area (Å²) >= 11 is 0. The molecule has 4 heteroatoms. The van der Waals surface area contributed by atoms with Gasteiger partial charge in [-0.2, -0.15) is 0 Å². The van der Waals surface area contributed by atoms with Crippen LogP contribution in [0, 0.1) is 0 Å². The van der Waals surface area contributed by atoms with Crippen LogP contribution < -0.4 is 5.73 Å². The molecule has 0 aromatic carbocycles. The van der Waals surface area contributed by atoms with Gasteiger partial charge in [-0.05, 0) is 12.8 Å². The summed E-state index contributed by atoms with van der Waals surface area (Å²) in [6.07, 6.45) is 2.36. The number of carbonyl (C=O) groups is 1. The predicted octanol–water partition coefficient (Wildman–Crippen LogP) is 0.928. The summed E-state index contributed by atoms with van der Waals surface area (Å²) in [5, 5.41) is 8.34. The summed E-state index contributed by atoms with van der Waals surface area (Å²) in [6.45, 7) is -0.331. The number of hydrogen-bond acceptors (Lipinski definition) is 2. The van der Waals surface area contributed by atoms with E-state index in [1.165, 1.54) is 0 Å². The Morgan fingerprint density at radius 2 is 2.09 bits per heavy atom. The molecule has 0 spiro atoms. The highest BCUT2D eigenvalue weighted by Gasteiger charge is 2.09. The number of halogens is 1. The van der Waals surface area contributed by atoms with E-state index in [9.17, 15) is 9.18 Å². The fourth-order valence-corrected chi connectivity index (χ4v) is 0.759. The lowest BCUT2D eigenvalue weighted by Gasteiger charge is -2.03. The van der Waals surface area contributed by atoms with Crippen LogP contribution in [0.3, 0.4) is 0 Å². The third-order valence-electron chi connectivity index (χ3n) is 1.47. The SMILES string of the molecule is N[C@@H](CCCCC[18F])C(=O)O. The van der Waals surface area contributed by atoms with Gasteiger partial charge < -0.3 is 10.8 Å². The number of rotatable bonds is 6. The number of unbranched alkanes of at least 4 members (excludes halogenated alkanes) is 2. The van der Waals surface area contributed by atoms with E-state index in [4.69, 9.17) is 10.8 Å². The first-order chi connectivity index (χ1) is 5.18. The second-order valence-electron chi connectivity index (χ2n) is 2.48. The molecule has 0 fully saturated rings. The number of carboxylic acids is 1. The minimum absolute atomic E-state index is 0.331. The summed E-state index contributed by atoms with van der Waals surface area (Å²) in [5.74, 6) is -0.981. The fourth-order valence-electron chi connectivity index (χ4n) is 0.759. The number of aliphatic carboxylic acids is 1. The van der Waals surface area contributed by atoms with Gasteiger partial charge >= 0.3 is 5.97 Å². The molecule has 0 aliphatic carbocycles. The first kappa shape index (κ1) is 10.4. The highest BCUT2D eigenvalue weighted by molar-refractivity contribution is 5.72. The Morgan fingerprint density at radius 3 is 2.55 bits per heavy atom. The molecule has 0 heterocycles. The standard InChI is InChI=1S/C7H14FNO2/c8-5-3-1-2-4-6(9)7(10)11/h6H,1-5,9H2,(H,10,11)/t6-/m0/s1/i8-1. The topological polar surface area (TPSA) is 63.3 Å². The van der Waals surface area contributed by atoms with Crippen LogP contribution in [0.4, 0.5) is 4.39 Å². The lowest BCUT2D eigenvalue weighted by molar-refractivity contribution is -0.138. The van der Waals surface area contributed by atoms with E-state index in [0.717, 1.165) is 6.42 Å². The van der Waals surface area contributed by atoms with E-state index in [2.05, 4.69) is 0 Å². The van der Waals surface area contributed by atoms with Crippen LogP contribution in [0.5, 0.6) is 0 Å². The van der Waals surface area contributed by atoms with E-state index in [0.29, 0.717) is 19.3 Å². The molecule has 11 heavy (non-hydrogen) atoms. The molecule has 66 valence electrons. The van der Waals surface area contributed by atoms with Crippen molar-refractivity contribution in [3.8, 4) is 0 Å². The molecule has 0 aliphatic rings. The maximum atomic E-state index is 11.5. The van der Waals surface area contributed by atoms with Crippen molar-refractivity contribution in [1.82, 2.24) is 0 Å². The van der Waals surface area contributed by atoms with Crippen LogP contribution in [0.1, 0.15) is 25.7 Å². The van der Waals surface area contributed by atoms with Crippen molar-refractivity contribution in [3.05, 3.63) is 0 Å². The molecule has 0 unspecified atom stereocenters. The van der Waals surface area contributed by atoms with Crippen molar-refractivity contribution in [1.29, 1.82) is 0 Å². The van der Waals surface area contributed by atoms with Crippen LogP contribution in [-0.2, 0) is 4.79 Å². The number of alkyl halides is 1. The van der Waals surface area contributed by atoms with Crippen LogP contribution in [0.25, 0.3) is 0 Å². The maximum absolute atomic E-state index is 11.5. The van der Waals surface area contributed by atoms with Crippen LogP contribution in [0.15, 0.2) is 0 Å². The quantitative estimate of drug-likeness (QED) is 0.571. The summed E-state index contributed by atoms with van der Waals surface area (Å²) in [7, 11) is 0. The monoisotopic (exact) mass is 162 g/mol. The van der Waals surface area contributed by atoms with Crippen molar-refractivity contribution in [3.63, 3.8) is 0 Å². The van der Waals surface area contributed by atoms with Gasteiger partial charge in [-0.25, -0.2) is 0 Å². The molecular weight excluding hydrogens is 148 g/mol. The molecule has 0 rings (SSSR count). The van der Waals surface area contributed by atoms with Gasteiger partial charge in [0.05, 0.1) is 6.67 Å². The highest BCUT2D eigenvalue weighted by atomic mass is 18.2. The van der Waals surface area contributed by atoms with Crippen molar-refractivity contribution in [2.24, 2.45) is 5.73 Å². The maximum Gasteiger partial charge on any atom is 0.320 e. The lowest BCUT2D eigenvalue weighted by atomic mass is 10.1. The molecule has 3 N–H and O–H groups in total. The smallest absolute Gasteiger partial charge is 0.320 e. The Hall–Kier alpha value is -0.640. The molecular formula is C7H14FNO2. The molecule has 0 aliphatic heterocycles. The van der Waals surface area contributed by atoms with E-state index in [-0.39, 0.29) is 6.67 Å². The second-order valence-corrected chi connectivity index (χ2v) is 2.48. The first-order valence-electron chi connectivity index (χ1n) is 3.73. The third-order valence-corrected chi connectivity index (χ3v) is 1.47. The van der Waals surface area contributed by atoms with Crippen LogP contribution >= 0.6 is 0 Å². The average Bonchev–Trinajstić information content (AvgIpc) is 1.97. The Bertz CT molecular complexity index is 119.